The van der Waals surface area contributed by atoms with Gasteiger partial charge in [-0.2, -0.15) is 0 Å². The number of pyridine rings is 1. The van der Waals surface area contributed by atoms with Crippen LogP contribution in [0.4, 0.5) is 0 Å². The highest BCUT2D eigenvalue weighted by atomic mass is 32.1. The fraction of sp³-hybridized carbons (Fsp3) is 0.305. The van der Waals surface area contributed by atoms with Crippen molar-refractivity contribution in [1.82, 2.24) is 55.7 Å². The van der Waals surface area contributed by atoms with E-state index in [1.807, 2.05) is 36.1 Å². The fourth-order valence-corrected chi connectivity index (χ4v) is 15.6. The van der Waals surface area contributed by atoms with Crippen molar-refractivity contribution in [2.75, 3.05) is 19.6 Å². The monoisotopic (exact) mass is 1280 g/mol. The van der Waals surface area contributed by atoms with Gasteiger partial charge in [0.1, 0.15) is 70.9 Å². The summed E-state index contributed by atoms with van der Waals surface area (Å²) < 4.78 is 0. The molecule has 0 radical (unpaired) electrons. The Morgan fingerprint density at radius 2 is 1.33 bits per heavy atom. The summed E-state index contributed by atoms with van der Waals surface area (Å²) in [6, 6.07) is 16.5. The molecule has 9 aromatic rings. The highest BCUT2D eigenvalue weighted by Gasteiger charge is 2.37. The first-order valence-electron chi connectivity index (χ1n) is 27.5. The van der Waals surface area contributed by atoms with Gasteiger partial charge in [-0.15, -0.1) is 68.0 Å². The number of primary amides is 2. The number of benzene rings is 2. The molecule has 1 unspecified atom stereocenters. The minimum Gasteiger partial charge on any atom is -0.392 e. The number of aryl methyl sites for hydroxylation is 2. The molecular weight excluding hydrogens is 1230 g/mol. The van der Waals surface area contributed by atoms with Crippen LogP contribution in [0.15, 0.2) is 93.6 Å². The fourth-order valence-electron chi connectivity index (χ4n) is 10.2. The average Bonchev–Trinajstić information content (AvgIpc) is 2.16. The summed E-state index contributed by atoms with van der Waals surface area (Å²) >= 11 is 6.99. The van der Waals surface area contributed by atoms with E-state index in [1.165, 1.54) is 44.8 Å². The van der Waals surface area contributed by atoms with Crippen molar-refractivity contribution in [2.45, 2.75) is 88.8 Å². The molecule has 9 heterocycles. The highest BCUT2D eigenvalue weighted by molar-refractivity contribution is 7.15. The Morgan fingerprint density at radius 3 is 2.06 bits per heavy atom. The molecule has 0 spiro atoms. The van der Waals surface area contributed by atoms with Gasteiger partial charge in [-0.3, -0.25) is 33.7 Å². The number of aliphatic hydroxyl groups excluding tert-OH is 3. The van der Waals surface area contributed by atoms with Crippen molar-refractivity contribution in [3.05, 3.63) is 153 Å². The first kappa shape index (κ1) is 60.9. The number of nitrogens with zero attached hydrogens (tertiary/aromatic N) is 8. The molecule has 10 N–H and O–H groups in total. The zero-order valence-corrected chi connectivity index (χ0v) is 51.7. The second-order valence-corrected chi connectivity index (χ2v) is 26.9. The van der Waals surface area contributed by atoms with Crippen LogP contribution in [0.3, 0.4) is 0 Å². The maximum absolute atomic E-state index is 15.1. The standard InChI is InChI=1S/C59H57N13O9S6/c1-27-9-11-30(12-10-27)17-36-51(79)70-46(28(2)44(75)21-72-16-15-32(73)20-72)59-69-42(26-86-59)57-65-38(22-84-57)48-33(13-14-35(62-48)56-66-39(23-85-56)50(61)78)54-67-41(24-82-54)53(81)64-37(19-45(60)76)58-71-47(29(3)87-58)43(74)18-34(49(77)31-7-5-4-6-8-31)55-68-40(25-83-55)52(80)63-36/h4-14,22-26,28,32,34,36-37,44,46,49,73,75,77H,15-21H2,1-3H3,(H2,60,76)(H2,61,78)(H,63,80)(H,64,81)(H,70,79)/t28-,32?,34-,36-,37-,44-,46-,49+/m0/s1. The molecule has 8 atom stereocenters. The van der Waals surface area contributed by atoms with E-state index in [-0.39, 0.29) is 58.6 Å². The van der Waals surface area contributed by atoms with Gasteiger partial charge >= 0.3 is 0 Å². The first-order chi connectivity index (χ1) is 41.8. The summed E-state index contributed by atoms with van der Waals surface area (Å²) in [5.74, 6) is -5.60. The number of likely N-dealkylation sites (tertiary alicyclic amines) is 1. The third-order valence-electron chi connectivity index (χ3n) is 15.0. The zero-order valence-electron chi connectivity index (χ0n) is 46.8. The van der Waals surface area contributed by atoms with E-state index >= 15 is 4.79 Å². The SMILES string of the molecule is Cc1ccc(C[C@@H]2NC(=O)c3csc(n3)[C@H]([C@H](O)c3ccccc3)CC(=O)c3nc(sc3C)[C@H](CC(N)=O)NC(=O)c3csc(n3)-c3ccc(-c4nc(C(N)=O)cs4)nc3-c3csc(n3)-c3csc(n3)[C@H]([C@@H](C)[C@@H](O)CN3CCC(O)C3)NC2=O)cc1. The molecule has 2 aromatic carbocycles. The van der Waals surface area contributed by atoms with Crippen molar-refractivity contribution in [3.8, 4) is 43.4 Å². The number of fused-ring (bicyclic) bond motifs is 14. The molecule has 22 nitrogen and oxygen atoms in total. The van der Waals surface area contributed by atoms with Crippen LogP contribution in [0.1, 0.15) is 129 Å². The Morgan fingerprint density at radius 1 is 0.678 bits per heavy atom. The summed E-state index contributed by atoms with van der Waals surface area (Å²) in [5, 5.41) is 53.7. The van der Waals surface area contributed by atoms with Crippen molar-refractivity contribution in [1.29, 1.82) is 0 Å². The highest BCUT2D eigenvalue weighted by Crippen LogP contribution is 2.41. The van der Waals surface area contributed by atoms with Gasteiger partial charge in [0.25, 0.3) is 17.7 Å². The van der Waals surface area contributed by atoms with Crippen LogP contribution >= 0.6 is 68.0 Å². The Hall–Kier alpha value is -7.77. The average molecular weight is 1280 g/mol. The normalized spacial score (nSPS) is 19.8. The minimum absolute atomic E-state index is 0.0113. The summed E-state index contributed by atoms with van der Waals surface area (Å²) in [6.07, 6.45) is -2.96. The van der Waals surface area contributed by atoms with Crippen LogP contribution in [0.25, 0.3) is 43.4 Å². The largest absolute Gasteiger partial charge is 0.392 e. The van der Waals surface area contributed by atoms with E-state index in [0.717, 1.165) is 45.1 Å². The van der Waals surface area contributed by atoms with Crippen molar-refractivity contribution >= 4 is 103 Å². The molecule has 2 aliphatic rings. The number of carbonyl (C=O) groups is 6. The lowest BCUT2D eigenvalue weighted by atomic mass is 9.90. The number of amides is 5. The molecule has 0 saturated carbocycles. The number of aromatic nitrogens is 7. The van der Waals surface area contributed by atoms with Gasteiger partial charge in [0.05, 0.1) is 47.5 Å². The lowest BCUT2D eigenvalue weighted by Crippen LogP contribution is -2.51. The van der Waals surface area contributed by atoms with E-state index < -0.39 is 83.6 Å². The molecule has 448 valence electrons. The third kappa shape index (κ3) is 13.8. The van der Waals surface area contributed by atoms with Crippen molar-refractivity contribution < 1.29 is 44.1 Å². The molecule has 10 bridgehead atoms. The van der Waals surface area contributed by atoms with Gasteiger partial charge in [-0.05, 0) is 43.5 Å². The Balaban J connectivity index is 1.02. The Bertz CT molecular complexity index is 4030. The molecule has 0 aliphatic carbocycles. The summed E-state index contributed by atoms with van der Waals surface area (Å²) in [5.41, 5.74) is 15.6. The predicted octanol–water partition coefficient (Wildman–Crippen LogP) is 7.22. The van der Waals surface area contributed by atoms with E-state index in [4.69, 9.17) is 41.4 Å². The molecule has 2 aliphatic heterocycles. The maximum Gasteiger partial charge on any atom is 0.271 e. The predicted molar refractivity (Wildman–Crippen MR) is 333 cm³/mol. The molecule has 11 rings (SSSR count). The number of hydrogen-bond donors (Lipinski definition) is 8. The van der Waals surface area contributed by atoms with Gasteiger partial charge in [0.15, 0.2) is 5.78 Å². The van der Waals surface area contributed by atoms with Gasteiger partial charge in [-0.25, -0.2) is 34.9 Å². The molecular formula is C59H57N13O9S6. The van der Waals surface area contributed by atoms with E-state index in [9.17, 15) is 39.3 Å². The first-order valence-corrected chi connectivity index (χ1v) is 32.7. The van der Waals surface area contributed by atoms with Gasteiger partial charge < -0.3 is 42.7 Å². The lowest BCUT2D eigenvalue weighted by Gasteiger charge is -2.31. The van der Waals surface area contributed by atoms with E-state index in [1.54, 1.807) is 72.5 Å². The van der Waals surface area contributed by atoms with Crippen LogP contribution in [0.2, 0.25) is 0 Å². The Labute approximate surface area is 521 Å². The second-order valence-electron chi connectivity index (χ2n) is 21.3. The summed E-state index contributed by atoms with van der Waals surface area (Å²) in [7, 11) is 0. The van der Waals surface area contributed by atoms with Gasteiger partial charge in [0, 0.05) is 81.7 Å². The number of hydrogen-bond acceptors (Lipinski definition) is 23. The number of thiazole rings is 6. The van der Waals surface area contributed by atoms with Gasteiger partial charge in [-0.1, -0.05) is 67.1 Å². The molecule has 1 saturated heterocycles. The number of ketones is 1. The lowest BCUT2D eigenvalue weighted by molar-refractivity contribution is -0.124. The summed E-state index contributed by atoms with van der Waals surface area (Å²) in [6.45, 7) is 6.57. The molecule has 28 heteroatoms. The minimum atomic E-state index is -1.29. The number of nitrogens with two attached hydrogens (primary N) is 2. The number of rotatable bonds is 12. The zero-order chi connectivity index (χ0) is 61.2. The van der Waals surface area contributed by atoms with Gasteiger partial charge in [0.2, 0.25) is 11.8 Å². The number of β-amino-alcohol motifs (C(OH)–C–C–N with tert-alkyl or cyclic N) is 2. The van der Waals surface area contributed by atoms with Crippen molar-refractivity contribution in [2.24, 2.45) is 17.4 Å². The summed E-state index contributed by atoms with van der Waals surface area (Å²) in [4.78, 5) is 120. The van der Waals surface area contributed by atoms with E-state index in [2.05, 4.69) is 20.9 Å². The second kappa shape index (κ2) is 26.3. The van der Waals surface area contributed by atoms with Crippen molar-refractivity contribution in [3.63, 3.8) is 0 Å². The van der Waals surface area contributed by atoms with Crippen LogP contribution in [0, 0.1) is 19.8 Å². The quantitative estimate of drug-likeness (QED) is 0.0598. The number of aliphatic hydroxyl groups is 3. The van der Waals surface area contributed by atoms with Crippen LogP contribution < -0.4 is 27.4 Å². The van der Waals surface area contributed by atoms with Crippen LogP contribution in [-0.4, -0.2) is 128 Å². The topological polar surface area (TPSA) is 345 Å². The molecule has 7 aromatic heterocycles. The van der Waals surface area contributed by atoms with E-state index in [0.29, 0.717) is 78.3 Å². The number of carbonyl (C=O) groups excluding carboxylic acids is 6. The van der Waals surface area contributed by atoms with Crippen LogP contribution in [-0.2, 0) is 16.0 Å². The Kier molecular flexibility index (Phi) is 18.4. The third-order valence-corrected chi connectivity index (χ3v) is 20.6. The maximum atomic E-state index is 15.1. The molecule has 5 amide bonds. The number of Topliss-reactive ketones (excluding diaryl/α,β-unsaturated/α-hetero) is 1. The van der Waals surface area contributed by atoms with Crippen LogP contribution in [0.5, 0.6) is 0 Å². The molecule has 87 heavy (non-hydrogen) atoms. The molecule has 1 fully saturated rings. The smallest absolute Gasteiger partial charge is 0.271 e. The number of nitrogens with one attached hydrogen (secondary N) is 3.